The van der Waals surface area contributed by atoms with Gasteiger partial charge in [-0.1, -0.05) is 24.3 Å². The van der Waals surface area contributed by atoms with Crippen molar-refractivity contribution in [1.82, 2.24) is 0 Å². The summed E-state index contributed by atoms with van der Waals surface area (Å²) in [5.41, 5.74) is 1.21. The van der Waals surface area contributed by atoms with E-state index in [0.717, 1.165) is 0 Å². The predicted molar refractivity (Wildman–Crippen MR) is 104 cm³/mol. The molecule has 0 bridgehead atoms. The van der Waals surface area contributed by atoms with Crippen LogP contribution in [-0.2, 0) is 6.42 Å². The second-order valence-corrected chi connectivity index (χ2v) is 6.32. The molecule has 144 valence electrons. The summed E-state index contributed by atoms with van der Waals surface area (Å²) in [6.07, 6.45) is 0.379. The quantitative estimate of drug-likeness (QED) is 0.312. The Kier molecular flexibility index (Phi) is 4.66. The number of rotatable bonds is 6. The van der Waals surface area contributed by atoms with Crippen molar-refractivity contribution in [3.05, 3.63) is 105 Å². The van der Waals surface area contributed by atoms with Crippen molar-refractivity contribution in [3.63, 3.8) is 0 Å². The van der Waals surface area contributed by atoms with Crippen molar-refractivity contribution >= 4 is 11.4 Å². The average Bonchev–Trinajstić information content (AvgIpc) is 3.38. The molecule has 4 rings (SSSR count). The van der Waals surface area contributed by atoms with Crippen LogP contribution in [0.2, 0.25) is 0 Å². The topological polar surface area (TPSA) is 113 Å². The molecule has 0 unspecified atom stereocenters. The van der Waals surface area contributed by atoms with Crippen LogP contribution in [0.4, 0.5) is 11.4 Å². The minimum absolute atomic E-state index is 0.00641. The zero-order valence-electron chi connectivity index (χ0n) is 15.0. The SMILES string of the molecule is O=[N+]([O-])c1cccc(-c2ccc(Cc3ccc(-c4cccc([N+](=O)[O-])c4)o3)o2)c1. The average molecular weight is 390 g/mol. The zero-order chi connectivity index (χ0) is 20.4. The first-order chi connectivity index (χ1) is 14.0. The number of hydrogen-bond donors (Lipinski definition) is 0. The van der Waals surface area contributed by atoms with Crippen molar-refractivity contribution in [1.29, 1.82) is 0 Å². The van der Waals surface area contributed by atoms with Crippen molar-refractivity contribution < 1.29 is 18.7 Å². The van der Waals surface area contributed by atoms with Gasteiger partial charge < -0.3 is 8.83 Å². The molecule has 2 aromatic heterocycles. The van der Waals surface area contributed by atoms with Gasteiger partial charge in [-0.05, 0) is 24.3 Å². The van der Waals surface area contributed by atoms with Crippen LogP contribution in [0.5, 0.6) is 0 Å². The van der Waals surface area contributed by atoms with Crippen LogP contribution >= 0.6 is 0 Å². The van der Waals surface area contributed by atoms with Gasteiger partial charge in [0.1, 0.15) is 23.0 Å². The first-order valence-electron chi connectivity index (χ1n) is 8.67. The Balaban J connectivity index is 1.53. The Morgan fingerprint density at radius 3 is 1.52 bits per heavy atom. The molecule has 0 radical (unpaired) electrons. The van der Waals surface area contributed by atoms with E-state index in [-0.39, 0.29) is 11.4 Å². The number of benzene rings is 2. The van der Waals surface area contributed by atoms with Crippen LogP contribution < -0.4 is 0 Å². The van der Waals surface area contributed by atoms with Crippen LogP contribution in [0, 0.1) is 20.2 Å². The normalized spacial score (nSPS) is 10.8. The third-order valence-corrected chi connectivity index (χ3v) is 4.35. The van der Waals surface area contributed by atoms with E-state index in [1.807, 2.05) is 0 Å². The third kappa shape index (κ3) is 3.91. The van der Waals surface area contributed by atoms with Gasteiger partial charge in [0.25, 0.3) is 11.4 Å². The minimum Gasteiger partial charge on any atom is -0.461 e. The fourth-order valence-corrected chi connectivity index (χ4v) is 2.97. The first kappa shape index (κ1) is 18.2. The zero-order valence-corrected chi connectivity index (χ0v) is 15.0. The Hall–Kier alpha value is -4.20. The van der Waals surface area contributed by atoms with Crippen molar-refractivity contribution in [2.45, 2.75) is 6.42 Å². The summed E-state index contributed by atoms with van der Waals surface area (Å²) in [5, 5.41) is 21.9. The molecule has 0 saturated carbocycles. The summed E-state index contributed by atoms with van der Waals surface area (Å²) in [5.74, 6) is 2.31. The van der Waals surface area contributed by atoms with E-state index in [4.69, 9.17) is 8.83 Å². The molecular formula is C21H14N2O6. The molecule has 0 aliphatic rings. The lowest BCUT2D eigenvalue weighted by Crippen LogP contribution is -1.87. The predicted octanol–water partition coefficient (Wildman–Crippen LogP) is 5.61. The van der Waals surface area contributed by atoms with Crippen LogP contribution in [-0.4, -0.2) is 9.85 Å². The maximum Gasteiger partial charge on any atom is 0.270 e. The molecule has 8 nitrogen and oxygen atoms in total. The second kappa shape index (κ2) is 7.43. The minimum atomic E-state index is -0.453. The molecule has 29 heavy (non-hydrogen) atoms. The summed E-state index contributed by atoms with van der Waals surface area (Å²) in [6, 6.07) is 19.5. The van der Waals surface area contributed by atoms with Crippen molar-refractivity contribution in [2.75, 3.05) is 0 Å². The lowest BCUT2D eigenvalue weighted by molar-refractivity contribution is -0.385. The Morgan fingerprint density at radius 1 is 0.655 bits per heavy atom. The van der Waals surface area contributed by atoms with Gasteiger partial charge in [0.2, 0.25) is 0 Å². The van der Waals surface area contributed by atoms with E-state index in [2.05, 4.69) is 0 Å². The highest BCUT2D eigenvalue weighted by Crippen LogP contribution is 2.29. The van der Waals surface area contributed by atoms with Crippen LogP contribution in [0.25, 0.3) is 22.6 Å². The van der Waals surface area contributed by atoms with E-state index in [1.54, 1.807) is 48.5 Å². The molecule has 0 amide bonds. The molecule has 0 aliphatic carbocycles. The largest absolute Gasteiger partial charge is 0.461 e. The molecule has 0 saturated heterocycles. The van der Waals surface area contributed by atoms with Crippen LogP contribution in [0.1, 0.15) is 11.5 Å². The summed E-state index contributed by atoms with van der Waals surface area (Å²) in [7, 11) is 0. The Morgan fingerprint density at radius 2 is 1.10 bits per heavy atom. The molecule has 4 aromatic rings. The van der Waals surface area contributed by atoms with Gasteiger partial charge in [0, 0.05) is 35.4 Å². The molecule has 8 heteroatoms. The first-order valence-corrected chi connectivity index (χ1v) is 8.67. The van der Waals surface area contributed by atoms with Gasteiger partial charge in [0.15, 0.2) is 0 Å². The number of nitro groups is 2. The number of hydrogen-bond acceptors (Lipinski definition) is 6. The smallest absolute Gasteiger partial charge is 0.270 e. The van der Waals surface area contributed by atoms with E-state index in [1.165, 1.54) is 24.3 Å². The van der Waals surface area contributed by atoms with Gasteiger partial charge in [-0.2, -0.15) is 0 Å². The van der Waals surface area contributed by atoms with E-state index in [0.29, 0.717) is 40.6 Å². The van der Waals surface area contributed by atoms with Gasteiger partial charge >= 0.3 is 0 Å². The number of nitro benzene ring substituents is 2. The van der Waals surface area contributed by atoms with Crippen molar-refractivity contribution in [3.8, 4) is 22.6 Å². The van der Waals surface area contributed by atoms with E-state index in [9.17, 15) is 20.2 Å². The molecule has 0 spiro atoms. The number of non-ortho nitro benzene ring substituents is 2. The third-order valence-electron chi connectivity index (χ3n) is 4.35. The molecule has 0 atom stereocenters. The highest BCUT2D eigenvalue weighted by atomic mass is 16.6. The summed E-state index contributed by atoms with van der Waals surface area (Å²) in [6.45, 7) is 0. The fraction of sp³-hybridized carbons (Fsp3) is 0.0476. The monoisotopic (exact) mass is 390 g/mol. The number of furan rings is 2. The highest BCUT2D eigenvalue weighted by Gasteiger charge is 2.13. The number of nitrogens with zero attached hydrogens (tertiary/aromatic N) is 2. The standard InChI is InChI=1S/C21H14N2O6/c24-22(25)16-5-1-3-14(11-16)20-9-7-18(28-20)13-19-8-10-21(29-19)15-4-2-6-17(12-15)23(26)27/h1-12H,13H2. The maximum atomic E-state index is 10.9. The van der Waals surface area contributed by atoms with Crippen LogP contribution in [0.15, 0.2) is 81.6 Å². The summed E-state index contributed by atoms with van der Waals surface area (Å²) < 4.78 is 11.6. The Labute approximate surface area is 164 Å². The summed E-state index contributed by atoms with van der Waals surface area (Å²) in [4.78, 5) is 21.0. The fourth-order valence-electron chi connectivity index (χ4n) is 2.97. The molecule has 2 aromatic carbocycles. The molecule has 0 fully saturated rings. The molecule has 0 aliphatic heterocycles. The lowest BCUT2D eigenvalue weighted by atomic mass is 10.1. The van der Waals surface area contributed by atoms with Gasteiger partial charge in [-0.25, -0.2) is 0 Å². The lowest BCUT2D eigenvalue weighted by Gasteiger charge is -1.99. The van der Waals surface area contributed by atoms with Gasteiger partial charge in [-0.15, -0.1) is 0 Å². The molecule has 2 heterocycles. The maximum absolute atomic E-state index is 10.9. The Bertz CT molecular complexity index is 1110. The van der Waals surface area contributed by atoms with Gasteiger partial charge in [-0.3, -0.25) is 20.2 Å². The molecular weight excluding hydrogens is 376 g/mol. The highest BCUT2D eigenvalue weighted by molar-refractivity contribution is 5.62. The molecule has 0 N–H and O–H groups in total. The van der Waals surface area contributed by atoms with Crippen LogP contribution in [0.3, 0.4) is 0 Å². The van der Waals surface area contributed by atoms with Crippen molar-refractivity contribution in [2.24, 2.45) is 0 Å². The van der Waals surface area contributed by atoms with E-state index < -0.39 is 9.85 Å². The van der Waals surface area contributed by atoms with Gasteiger partial charge in [0.05, 0.1) is 16.3 Å². The van der Waals surface area contributed by atoms with E-state index >= 15 is 0 Å². The second-order valence-electron chi connectivity index (χ2n) is 6.32. The summed E-state index contributed by atoms with van der Waals surface area (Å²) >= 11 is 0.